The van der Waals surface area contributed by atoms with E-state index in [0.717, 1.165) is 25.3 Å². The maximum absolute atomic E-state index is 5.80. The number of nitrogens with one attached hydrogen (secondary N) is 1. The molecule has 0 aliphatic heterocycles. The Morgan fingerprint density at radius 2 is 2.21 bits per heavy atom. The van der Waals surface area contributed by atoms with Crippen molar-refractivity contribution in [1.29, 1.82) is 0 Å². The van der Waals surface area contributed by atoms with Gasteiger partial charge in [-0.3, -0.25) is 0 Å². The second-order valence-corrected chi connectivity index (χ2v) is 4.96. The van der Waals surface area contributed by atoms with Gasteiger partial charge >= 0.3 is 0 Å². The van der Waals surface area contributed by atoms with Gasteiger partial charge in [-0.1, -0.05) is 31.2 Å². The Morgan fingerprint density at radius 1 is 1.32 bits per heavy atom. The van der Waals surface area contributed by atoms with Crippen LogP contribution in [-0.4, -0.2) is 16.7 Å². The van der Waals surface area contributed by atoms with Gasteiger partial charge in [0.15, 0.2) is 0 Å². The van der Waals surface area contributed by atoms with Gasteiger partial charge in [-0.25, -0.2) is 0 Å². The van der Waals surface area contributed by atoms with Crippen molar-refractivity contribution >= 4 is 0 Å². The van der Waals surface area contributed by atoms with Crippen molar-refractivity contribution in [3.63, 3.8) is 0 Å². The summed E-state index contributed by atoms with van der Waals surface area (Å²) < 4.78 is 5.80. The van der Waals surface area contributed by atoms with E-state index >= 15 is 0 Å². The maximum atomic E-state index is 5.80. The van der Waals surface area contributed by atoms with E-state index in [4.69, 9.17) is 4.42 Å². The zero-order chi connectivity index (χ0) is 13.1. The quantitative estimate of drug-likeness (QED) is 0.914. The second-order valence-electron chi connectivity index (χ2n) is 4.96. The van der Waals surface area contributed by atoms with Gasteiger partial charge in [-0.05, 0) is 36.9 Å². The average molecular weight is 257 g/mol. The van der Waals surface area contributed by atoms with E-state index in [0.29, 0.717) is 12.4 Å². The predicted octanol–water partition coefficient (Wildman–Crippen LogP) is 2.65. The minimum atomic E-state index is 0.271. The molecule has 1 aromatic carbocycles. The lowest BCUT2D eigenvalue weighted by molar-refractivity contribution is 0.404. The molecule has 1 aromatic heterocycles. The first-order valence-electron chi connectivity index (χ1n) is 6.99. The summed E-state index contributed by atoms with van der Waals surface area (Å²) in [7, 11) is 0. The Labute approximate surface area is 113 Å². The van der Waals surface area contributed by atoms with Crippen LogP contribution in [0.4, 0.5) is 0 Å². The fraction of sp³-hybridized carbons (Fsp3) is 0.467. The summed E-state index contributed by atoms with van der Waals surface area (Å²) >= 11 is 0. The highest BCUT2D eigenvalue weighted by Crippen LogP contribution is 2.35. The van der Waals surface area contributed by atoms with E-state index < -0.39 is 0 Å². The number of fused-ring (bicyclic) bond motifs is 1. The molecule has 1 atom stereocenters. The summed E-state index contributed by atoms with van der Waals surface area (Å²) in [5, 5.41) is 11.6. The lowest BCUT2D eigenvalue weighted by Gasteiger charge is -2.22. The number of benzene rings is 1. The molecule has 2 aromatic rings. The fourth-order valence-corrected chi connectivity index (χ4v) is 2.72. The van der Waals surface area contributed by atoms with Crippen molar-refractivity contribution in [2.24, 2.45) is 0 Å². The van der Waals surface area contributed by atoms with E-state index in [1.54, 1.807) is 0 Å². The Balaban J connectivity index is 1.85. The van der Waals surface area contributed by atoms with Crippen molar-refractivity contribution in [3.05, 3.63) is 47.2 Å². The van der Waals surface area contributed by atoms with Crippen LogP contribution in [-0.2, 0) is 13.0 Å². The molecule has 0 fully saturated rings. The summed E-state index contributed by atoms with van der Waals surface area (Å²) in [6.45, 7) is 3.62. The lowest BCUT2D eigenvalue weighted by Crippen LogP contribution is -2.12. The molecular formula is C15H19N3O. The summed E-state index contributed by atoms with van der Waals surface area (Å²) in [6.07, 6.45) is 3.44. The van der Waals surface area contributed by atoms with Gasteiger partial charge in [0.1, 0.15) is 0 Å². The third-order valence-electron chi connectivity index (χ3n) is 3.68. The van der Waals surface area contributed by atoms with Gasteiger partial charge < -0.3 is 9.73 Å². The average Bonchev–Trinajstić information content (AvgIpc) is 2.93. The molecule has 1 aliphatic rings. The highest BCUT2D eigenvalue weighted by molar-refractivity contribution is 5.35. The second kappa shape index (κ2) is 5.53. The first-order chi connectivity index (χ1) is 9.38. The molecule has 0 radical (unpaired) electrons. The standard InChI is InChI=1S/C15H19N3O/c1-2-16-10-14-17-18-15(19-14)13-9-5-7-11-6-3-4-8-12(11)13/h3-4,6,8,13,16H,2,5,7,9-10H2,1H3. The summed E-state index contributed by atoms with van der Waals surface area (Å²) in [4.78, 5) is 0. The van der Waals surface area contributed by atoms with Crippen LogP contribution in [0.15, 0.2) is 28.7 Å². The van der Waals surface area contributed by atoms with Crippen LogP contribution >= 0.6 is 0 Å². The molecule has 0 saturated carbocycles. The van der Waals surface area contributed by atoms with E-state index in [1.807, 2.05) is 0 Å². The van der Waals surface area contributed by atoms with Crippen molar-refractivity contribution in [1.82, 2.24) is 15.5 Å². The Hall–Kier alpha value is -1.68. The fourth-order valence-electron chi connectivity index (χ4n) is 2.72. The van der Waals surface area contributed by atoms with E-state index in [1.165, 1.54) is 17.5 Å². The smallest absolute Gasteiger partial charge is 0.230 e. The normalized spacial score (nSPS) is 18.3. The highest BCUT2D eigenvalue weighted by Gasteiger charge is 2.25. The number of aryl methyl sites for hydroxylation is 1. The van der Waals surface area contributed by atoms with Crippen LogP contribution in [0, 0.1) is 0 Å². The zero-order valence-corrected chi connectivity index (χ0v) is 11.2. The molecule has 0 amide bonds. The van der Waals surface area contributed by atoms with E-state index in [9.17, 15) is 0 Å². The Bertz CT molecular complexity index is 550. The van der Waals surface area contributed by atoms with Gasteiger partial charge in [0.2, 0.25) is 11.8 Å². The van der Waals surface area contributed by atoms with Gasteiger partial charge in [0.05, 0.1) is 12.5 Å². The van der Waals surface area contributed by atoms with Crippen LogP contribution in [0.25, 0.3) is 0 Å². The van der Waals surface area contributed by atoms with Crippen LogP contribution in [0.2, 0.25) is 0 Å². The van der Waals surface area contributed by atoms with Crippen LogP contribution in [0.3, 0.4) is 0 Å². The SMILES string of the molecule is CCNCc1nnc(C2CCCc3ccccc32)o1. The van der Waals surface area contributed by atoms with E-state index in [2.05, 4.69) is 46.7 Å². The monoisotopic (exact) mass is 257 g/mol. The molecule has 0 spiro atoms. The lowest BCUT2D eigenvalue weighted by atomic mass is 9.83. The number of hydrogen-bond acceptors (Lipinski definition) is 4. The largest absolute Gasteiger partial charge is 0.423 e. The minimum absolute atomic E-state index is 0.271. The first-order valence-corrected chi connectivity index (χ1v) is 6.99. The summed E-state index contributed by atoms with van der Waals surface area (Å²) in [5.41, 5.74) is 2.78. The third kappa shape index (κ3) is 2.54. The number of hydrogen-bond donors (Lipinski definition) is 1. The first kappa shape index (κ1) is 12.4. The third-order valence-corrected chi connectivity index (χ3v) is 3.68. The van der Waals surface area contributed by atoms with Gasteiger partial charge in [0.25, 0.3) is 0 Å². The van der Waals surface area contributed by atoms with Gasteiger partial charge in [-0.2, -0.15) is 0 Å². The summed E-state index contributed by atoms with van der Waals surface area (Å²) in [5.74, 6) is 1.72. The molecule has 3 rings (SSSR count). The molecular weight excluding hydrogens is 238 g/mol. The van der Waals surface area contributed by atoms with Crippen molar-refractivity contribution in [3.8, 4) is 0 Å². The molecule has 1 unspecified atom stereocenters. The minimum Gasteiger partial charge on any atom is -0.423 e. The van der Waals surface area contributed by atoms with Crippen LogP contribution < -0.4 is 5.32 Å². The summed E-state index contributed by atoms with van der Waals surface area (Å²) in [6, 6.07) is 8.59. The Kier molecular flexibility index (Phi) is 3.60. The molecule has 4 heteroatoms. The number of aromatic nitrogens is 2. The van der Waals surface area contributed by atoms with Crippen LogP contribution in [0.5, 0.6) is 0 Å². The molecule has 1 heterocycles. The predicted molar refractivity (Wildman–Crippen MR) is 72.9 cm³/mol. The molecule has 19 heavy (non-hydrogen) atoms. The molecule has 0 bridgehead atoms. The molecule has 1 aliphatic carbocycles. The molecule has 100 valence electrons. The van der Waals surface area contributed by atoms with Crippen LogP contribution in [0.1, 0.15) is 48.6 Å². The van der Waals surface area contributed by atoms with Crippen molar-refractivity contribution in [2.45, 2.75) is 38.6 Å². The highest BCUT2D eigenvalue weighted by atomic mass is 16.4. The number of rotatable bonds is 4. The molecule has 0 saturated heterocycles. The maximum Gasteiger partial charge on any atom is 0.230 e. The zero-order valence-electron chi connectivity index (χ0n) is 11.2. The Morgan fingerprint density at radius 3 is 3.11 bits per heavy atom. The van der Waals surface area contributed by atoms with Crippen molar-refractivity contribution < 1.29 is 4.42 Å². The molecule has 4 nitrogen and oxygen atoms in total. The van der Waals surface area contributed by atoms with Gasteiger partial charge in [0, 0.05) is 0 Å². The number of nitrogens with zero attached hydrogens (tertiary/aromatic N) is 2. The molecule has 1 N–H and O–H groups in total. The van der Waals surface area contributed by atoms with Crippen molar-refractivity contribution in [2.75, 3.05) is 6.54 Å². The van der Waals surface area contributed by atoms with Gasteiger partial charge in [-0.15, -0.1) is 10.2 Å². The van der Waals surface area contributed by atoms with E-state index in [-0.39, 0.29) is 5.92 Å². The topological polar surface area (TPSA) is 51.0 Å².